The number of nitro groups is 1. The second kappa shape index (κ2) is 6.20. The minimum atomic E-state index is -5.65. The van der Waals surface area contributed by atoms with Gasteiger partial charge in [0.05, 0.1) is 15.9 Å². The van der Waals surface area contributed by atoms with E-state index in [0.29, 0.717) is 31.5 Å². The molecule has 24 heavy (non-hydrogen) atoms. The minimum absolute atomic E-state index is 0.0162. The van der Waals surface area contributed by atoms with Gasteiger partial charge in [-0.05, 0) is 30.9 Å². The Kier molecular flexibility index (Phi) is 4.77. The fourth-order valence-corrected chi connectivity index (χ4v) is 3.39. The van der Waals surface area contributed by atoms with E-state index in [0.717, 1.165) is 6.07 Å². The maximum absolute atomic E-state index is 12.6. The van der Waals surface area contributed by atoms with Crippen LogP contribution in [0.1, 0.15) is 12.8 Å². The first-order chi connectivity index (χ1) is 10.9. The standard InChI is InChI=1S/C13H15F3N2O5S/c1-17(7-8-4-9(19)5-8)11-3-2-10(6-12(11)18(20)21)24(22,23)13(14,15)16/h2-3,6,8-9,19H,4-5,7H2,1H3. The van der Waals surface area contributed by atoms with E-state index in [4.69, 9.17) is 0 Å². The molecule has 1 fully saturated rings. The minimum Gasteiger partial charge on any atom is -0.393 e. The molecule has 1 aliphatic rings. The molecular formula is C13H15F3N2O5S. The predicted octanol–water partition coefficient (Wildman–Crippen LogP) is 2.10. The van der Waals surface area contributed by atoms with Crippen LogP contribution in [0.4, 0.5) is 24.5 Å². The number of benzene rings is 1. The lowest BCUT2D eigenvalue weighted by Crippen LogP contribution is -2.37. The summed E-state index contributed by atoms with van der Waals surface area (Å²) in [7, 11) is -4.14. The first-order valence-corrected chi connectivity index (χ1v) is 8.40. The lowest BCUT2D eigenvalue weighted by Gasteiger charge is -2.35. The molecule has 2 rings (SSSR count). The topological polar surface area (TPSA) is 101 Å². The molecule has 0 aliphatic heterocycles. The van der Waals surface area contributed by atoms with Crippen molar-refractivity contribution in [2.45, 2.75) is 29.3 Å². The van der Waals surface area contributed by atoms with Gasteiger partial charge in [-0.2, -0.15) is 13.2 Å². The molecule has 7 nitrogen and oxygen atoms in total. The number of aliphatic hydroxyl groups is 1. The van der Waals surface area contributed by atoms with Crippen LogP contribution in [0.2, 0.25) is 0 Å². The summed E-state index contributed by atoms with van der Waals surface area (Å²) in [6.07, 6.45) is 0.676. The van der Waals surface area contributed by atoms with Crippen LogP contribution in [-0.2, 0) is 9.84 Å². The van der Waals surface area contributed by atoms with E-state index in [1.54, 1.807) is 0 Å². The molecule has 0 aromatic heterocycles. The summed E-state index contributed by atoms with van der Waals surface area (Å²) in [6, 6.07) is 2.12. The molecule has 0 spiro atoms. The zero-order chi connectivity index (χ0) is 18.3. The Morgan fingerprint density at radius 3 is 2.42 bits per heavy atom. The number of sulfone groups is 1. The Bertz CT molecular complexity index is 744. The third kappa shape index (κ3) is 3.46. The van der Waals surface area contributed by atoms with Crippen LogP contribution in [0.25, 0.3) is 0 Å². The van der Waals surface area contributed by atoms with E-state index in [1.165, 1.54) is 11.9 Å². The molecule has 1 aromatic rings. The maximum Gasteiger partial charge on any atom is 0.501 e. The van der Waals surface area contributed by atoms with E-state index in [2.05, 4.69) is 0 Å². The average Bonchev–Trinajstić information content (AvgIpc) is 2.43. The highest BCUT2D eigenvalue weighted by molar-refractivity contribution is 7.92. The Balaban J connectivity index is 2.35. The van der Waals surface area contributed by atoms with Crippen molar-refractivity contribution in [3.05, 3.63) is 28.3 Å². The molecule has 0 amide bonds. The van der Waals surface area contributed by atoms with Gasteiger partial charge in [-0.25, -0.2) is 8.42 Å². The quantitative estimate of drug-likeness (QED) is 0.631. The molecule has 134 valence electrons. The number of hydrogen-bond acceptors (Lipinski definition) is 6. The second-order valence-corrected chi connectivity index (χ2v) is 7.67. The Morgan fingerprint density at radius 2 is 1.96 bits per heavy atom. The lowest BCUT2D eigenvalue weighted by molar-refractivity contribution is -0.384. The Morgan fingerprint density at radius 1 is 1.38 bits per heavy atom. The van der Waals surface area contributed by atoms with Gasteiger partial charge in [0.15, 0.2) is 0 Å². The number of rotatable bonds is 5. The number of alkyl halides is 3. The van der Waals surface area contributed by atoms with Gasteiger partial charge in [-0.15, -0.1) is 0 Å². The van der Waals surface area contributed by atoms with Crippen molar-refractivity contribution in [2.75, 3.05) is 18.5 Å². The number of aliphatic hydroxyl groups excluding tert-OH is 1. The zero-order valence-electron chi connectivity index (χ0n) is 12.5. The van der Waals surface area contributed by atoms with Crippen LogP contribution in [0, 0.1) is 16.0 Å². The highest BCUT2D eigenvalue weighted by atomic mass is 32.2. The molecular weight excluding hydrogens is 353 g/mol. The highest BCUT2D eigenvalue weighted by Crippen LogP contribution is 2.37. The van der Waals surface area contributed by atoms with E-state index < -0.39 is 37.0 Å². The Hall–Kier alpha value is -1.88. The first-order valence-electron chi connectivity index (χ1n) is 6.92. The number of nitro benzene ring substituents is 1. The third-order valence-corrected chi connectivity index (χ3v) is 5.40. The summed E-state index contributed by atoms with van der Waals surface area (Å²) in [5.74, 6) is 0.114. The normalized spacial score (nSPS) is 21.2. The molecule has 0 heterocycles. The lowest BCUT2D eigenvalue weighted by atomic mass is 9.82. The molecule has 0 saturated heterocycles. The van der Waals surface area contributed by atoms with Crippen LogP contribution in [0.3, 0.4) is 0 Å². The monoisotopic (exact) mass is 368 g/mol. The van der Waals surface area contributed by atoms with Crippen molar-refractivity contribution < 1.29 is 31.6 Å². The summed E-state index contributed by atoms with van der Waals surface area (Å²) in [4.78, 5) is 10.5. The maximum atomic E-state index is 12.6. The van der Waals surface area contributed by atoms with Crippen molar-refractivity contribution in [2.24, 2.45) is 5.92 Å². The van der Waals surface area contributed by atoms with Gasteiger partial charge >= 0.3 is 5.51 Å². The molecule has 0 radical (unpaired) electrons. The van der Waals surface area contributed by atoms with Crippen LogP contribution in [0.5, 0.6) is 0 Å². The van der Waals surface area contributed by atoms with Crippen LogP contribution in [-0.4, -0.2) is 43.7 Å². The third-order valence-electron chi connectivity index (χ3n) is 3.91. The van der Waals surface area contributed by atoms with Gasteiger partial charge in [0, 0.05) is 19.7 Å². The summed E-state index contributed by atoms with van der Waals surface area (Å²) < 4.78 is 60.5. The smallest absolute Gasteiger partial charge is 0.393 e. The van der Waals surface area contributed by atoms with Crippen LogP contribution in [0.15, 0.2) is 23.1 Å². The fraction of sp³-hybridized carbons (Fsp3) is 0.538. The van der Waals surface area contributed by atoms with Crippen LogP contribution < -0.4 is 4.90 Å². The van der Waals surface area contributed by atoms with Crippen molar-refractivity contribution in [1.82, 2.24) is 0 Å². The highest BCUT2D eigenvalue weighted by Gasteiger charge is 2.47. The Labute approximate surface area is 135 Å². The van der Waals surface area contributed by atoms with Crippen molar-refractivity contribution in [3.63, 3.8) is 0 Å². The molecule has 11 heteroatoms. The summed E-state index contributed by atoms with van der Waals surface area (Å²) in [6.45, 7) is 0.364. The van der Waals surface area contributed by atoms with Gasteiger partial charge in [-0.1, -0.05) is 0 Å². The van der Waals surface area contributed by atoms with Gasteiger partial charge in [-0.3, -0.25) is 10.1 Å². The SMILES string of the molecule is CN(CC1CC(O)C1)c1ccc(S(=O)(=O)C(F)(F)F)cc1[N+](=O)[O-]. The fourth-order valence-electron chi connectivity index (χ4n) is 2.61. The van der Waals surface area contributed by atoms with E-state index in [-0.39, 0.29) is 11.6 Å². The first kappa shape index (κ1) is 18.5. The van der Waals surface area contributed by atoms with Crippen molar-refractivity contribution in [1.29, 1.82) is 0 Å². The second-order valence-electron chi connectivity index (χ2n) is 5.73. The van der Waals surface area contributed by atoms with E-state index in [9.17, 15) is 36.8 Å². The van der Waals surface area contributed by atoms with Gasteiger partial charge in [0.25, 0.3) is 15.5 Å². The summed E-state index contributed by atoms with van der Waals surface area (Å²) in [5.41, 5.74) is -6.23. The van der Waals surface area contributed by atoms with Crippen molar-refractivity contribution >= 4 is 21.2 Å². The van der Waals surface area contributed by atoms with Gasteiger partial charge in [0.1, 0.15) is 5.69 Å². The number of nitrogens with zero attached hydrogens (tertiary/aromatic N) is 2. The molecule has 0 atom stereocenters. The number of anilines is 1. The van der Waals surface area contributed by atoms with Gasteiger partial charge in [0.2, 0.25) is 0 Å². The zero-order valence-corrected chi connectivity index (χ0v) is 13.3. The number of halogens is 3. The largest absolute Gasteiger partial charge is 0.501 e. The van der Waals surface area contributed by atoms with Crippen LogP contribution >= 0.6 is 0 Å². The molecule has 0 bridgehead atoms. The molecule has 1 aliphatic carbocycles. The van der Waals surface area contributed by atoms with Crippen molar-refractivity contribution in [3.8, 4) is 0 Å². The summed E-state index contributed by atoms with van der Waals surface area (Å²) in [5, 5.41) is 20.4. The molecule has 0 unspecified atom stereocenters. The van der Waals surface area contributed by atoms with E-state index in [1.807, 2.05) is 0 Å². The van der Waals surface area contributed by atoms with Gasteiger partial charge < -0.3 is 10.0 Å². The molecule has 1 N–H and O–H groups in total. The average molecular weight is 368 g/mol. The molecule has 1 saturated carbocycles. The molecule has 1 aromatic carbocycles. The predicted molar refractivity (Wildman–Crippen MR) is 78.3 cm³/mol. The summed E-state index contributed by atoms with van der Waals surface area (Å²) >= 11 is 0. The number of hydrogen-bond donors (Lipinski definition) is 1. The van der Waals surface area contributed by atoms with E-state index >= 15 is 0 Å².